The van der Waals surface area contributed by atoms with Gasteiger partial charge in [-0.05, 0) is 17.7 Å². The quantitative estimate of drug-likeness (QED) is 0.846. The lowest BCUT2D eigenvalue weighted by Gasteiger charge is -2.26. The molecule has 18 heavy (non-hydrogen) atoms. The zero-order valence-electron chi connectivity index (χ0n) is 10.8. The van der Waals surface area contributed by atoms with E-state index in [1.54, 1.807) is 14.2 Å². The predicted octanol–water partition coefficient (Wildman–Crippen LogP) is 1.01. The molecule has 0 bridgehead atoms. The van der Waals surface area contributed by atoms with E-state index in [1.807, 2.05) is 12.1 Å². The van der Waals surface area contributed by atoms with Crippen molar-refractivity contribution < 1.29 is 9.47 Å². The maximum Gasteiger partial charge on any atom is 0.192 e. The van der Waals surface area contributed by atoms with Gasteiger partial charge in [0.05, 0.1) is 26.3 Å². The molecule has 2 rings (SSSR count). The van der Waals surface area contributed by atoms with Gasteiger partial charge in [-0.15, -0.1) is 0 Å². The molecule has 0 amide bonds. The Kier molecular flexibility index (Phi) is 4.04. The van der Waals surface area contributed by atoms with E-state index < -0.39 is 0 Å². The van der Waals surface area contributed by atoms with Crippen LogP contribution in [0.4, 0.5) is 0 Å². The van der Waals surface area contributed by atoms with Crippen molar-refractivity contribution in [1.82, 2.24) is 4.90 Å². The molecule has 0 saturated carbocycles. The monoisotopic (exact) mass is 249 g/mol. The Hall–Kier alpha value is -1.75. The molecule has 5 heteroatoms. The molecule has 1 aromatic rings. The number of aliphatic imine (C=N–C) groups is 1. The van der Waals surface area contributed by atoms with Gasteiger partial charge in [-0.1, -0.05) is 12.1 Å². The first kappa shape index (κ1) is 12.7. The number of methoxy groups -OCH3 is 2. The van der Waals surface area contributed by atoms with Crippen molar-refractivity contribution in [2.24, 2.45) is 10.7 Å². The molecule has 1 aliphatic heterocycles. The minimum atomic E-state index is 0.200. The summed E-state index contributed by atoms with van der Waals surface area (Å²) in [5.74, 6) is 1.45. The first-order valence-corrected chi connectivity index (χ1v) is 5.95. The van der Waals surface area contributed by atoms with Gasteiger partial charge in [0.25, 0.3) is 0 Å². The van der Waals surface area contributed by atoms with Gasteiger partial charge in [-0.25, -0.2) is 0 Å². The summed E-state index contributed by atoms with van der Waals surface area (Å²) in [7, 11) is 3.35. The van der Waals surface area contributed by atoms with Gasteiger partial charge in [-0.2, -0.15) is 0 Å². The molecule has 0 spiro atoms. The number of rotatable bonds is 5. The Morgan fingerprint density at radius 3 is 2.67 bits per heavy atom. The molecule has 0 aliphatic carbocycles. The van der Waals surface area contributed by atoms with E-state index in [-0.39, 0.29) is 6.04 Å². The van der Waals surface area contributed by atoms with Crippen LogP contribution in [-0.4, -0.2) is 44.8 Å². The summed E-state index contributed by atoms with van der Waals surface area (Å²) in [6.45, 7) is 2.09. The second-order valence-electron chi connectivity index (χ2n) is 4.17. The second kappa shape index (κ2) is 5.73. The van der Waals surface area contributed by atoms with Crippen molar-refractivity contribution in [3.63, 3.8) is 0 Å². The summed E-state index contributed by atoms with van der Waals surface area (Å²) in [4.78, 5) is 6.38. The van der Waals surface area contributed by atoms with Crippen LogP contribution < -0.4 is 10.5 Å². The molecule has 1 atom stereocenters. The largest absolute Gasteiger partial charge is 0.497 e. The standard InChI is InChI=1S/C13H19N3O2/c1-17-8-7-16-12(9-15-13(16)14)10-3-5-11(18-2)6-4-10/h3-6,12H,7-9H2,1-2H3,(H2,14,15). The molecule has 0 aromatic heterocycles. The Morgan fingerprint density at radius 2 is 2.06 bits per heavy atom. The lowest BCUT2D eigenvalue weighted by molar-refractivity contribution is 0.166. The van der Waals surface area contributed by atoms with Crippen molar-refractivity contribution in [2.45, 2.75) is 6.04 Å². The fraction of sp³-hybridized carbons (Fsp3) is 0.462. The molecule has 5 nitrogen and oxygen atoms in total. The summed E-state index contributed by atoms with van der Waals surface area (Å²) in [6, 6.07) is 8.22. The van der Waals surface area contributed by atoms with Gasteiger partial charge < -0.3 is 20.1 Å². The minimum Gasteiger partial charge on any atom is -0.497 e. The molecule has 1 heterocycles. The first-order valence-electron chi connectivity index (χ1n) is 5.95. The van der Waals surface area contributed by atoms with E-state index in [2.05, 4.69) is 22.0 Å². The number of hydrogen-bond donors (Lipinski definition) is 1. The van der Waals surface area contributed by atoms with Crippen LogP contribution in [0.5, 0.6) is 5.75 Å². The molecular formula is C13H19N3O2. The molecule has 0 radical (unpaired) electrons. The maximum atomic E-state index is 5.90. The van der Waals surface area contributed by atoms with Gasteiger partial charge in [0.2, 0.25) is 0 Å². The number of nitrogens with two attached hydrogens (primary N) is 1. The average molecular weight is 249 g/mol. The molecule has 2 N–H and O–H groups in total. The normalized spacial score (nSPS) is 18.9. The highest BCUT2D eigenvalue weighted by molar-refractivity contribution is 5.80. The van der Waals surface area contributed by atoms with E-state index in [0.717, 1.165) is 12.3 Å². The summed E-state index contributed by atoms with van der Waals surface area (Å²) in [6.07, 6.45) is 0. The highest BCUT2D eigenvalue weighted by Crippen LogP contribution is 2.26. The molecule has 1 aromatic carbocycles. The van der Waals surface area contributed by atoms with Crippen LogP contribution in [0.1, 0.15) is 11.6 Å². The van der Waals surface area contributed by atoms with E-state index in [0.29, 0.717) is 19.1 Å². The molecular weight excluding hydrogens is 230 g/mol. The van der Waals surface area contributed by atoms with Crippen molar-refractivity contribution in [3.05, 3.63) is 29.8 Å². The smallest absolute Gasteiger partial charge is 0.192 e. The Bertz CT molecular complexity index is 417. The van der Waals surface area contributed by atoms with Gasteiger partial charge in [0.1, 0.15) is 5.75 Å². The Labute approximate surface area is 107 Å². The maximum absolute atomic E-state index is 5.90. The zero-order chi connectivity index (χ0) is 13.0. The molecule has 1 unspecified atom stereocenters. The SMILES string of the molecule is COCCN1C(N)=NCC1c1ccc(OC)cc1. The molecule has 0 saturated heterocycles. The summed E-state index contributed by atoms with van der Waals surface area (Å²) in [5, 5.41) is 0. The fourth-order valence-corrected chi connectivity index (χ4v) is 2.10. The van der Waals surface area contributed by atoms with E-state index >= 15 is 0 Å². The van der Waals surface area contributed by atoms with Gasteiger partial charge >= 0.3 is 0 Å². The van der Waals surface area contributed by atoms with Crippen LogP contribution in [0, 0.1) is 0 Å². The number of benzene rings is 1. The number of hydrogen-bond acceptors (Lipinski definition) is 5. The minimum absolute atomic E-state index is 0.200. The van der Waals surface area contributed by atoms with E-state index in [4.69, 9.17) is 15.2 Å². The summed E-state index contributed by atoms with van der Waals surface area (Å²) >= 11 is 0. The third-order valence-corrected chi connectivity index (χ3v) is 3.13. The predicted molar refractivity (Wildman–Crippen MR) is 70.8 cm³/mol. The lowest BCUT2D eigenvalue weighted by atomic mass is 10.1. The number of guanidine groups is 1. The average Bonchev–Trinajstić information content (AvgIpc) is 2.78. The van der Waals surface area contributed by atoms with Crippen molar-refractivity contribution in [3.8, 4) is 5.75 Å². The second-order valence-corrected chi connectivity index (χ2v) is 4.17. The lowest BCUT2D eigenvalue weighted by Crippen LogP contribution is -2.38. The molecule has 98 valence electrons. The van der Waals surface area contributed by atoms with Crippen LogP contribution in [0.25, 0.3) is 0 Å². The van der Waals surface area contributed by atoms with Crippen LogP contribution in [0.15, 0.2) is 29.3 Å². The fourth-order valence-electron chi connectivity index (χ4n) is 2.10. The van der Waals surface area contributed by atoms with Crippen molar-refractivity contribution in [2.75, 3.05) is 33.9 Å². The molecule has 1 aliphatic rings. The topological polar surface area (TPSA) is 60.1 Å². The van der Waals surface area contributed by atoms with Crippen molar-refractivity contribution in [1.29, 1.82) is 0 Å². The summed E-state index contributed by atoms with van der Waals surface area (Å²) in [5.41, 5.74) is 7.09. The van der Waals surface area contributed by atoms with Crippen LogP contribution in [0.2, 0.25) is 0 Å². The highest BCUT2D eigenvalue weighted by atomic mass is 16.5. The summed E-state index contributed by atoms with van der Waals surface area (Å²) < 4.78 is 10.3. The van der Waals surface area contributed by atoms with Crippen LogP contribution >= 0.6 is 0 Å². The first-order chi connectivity index (χ1) is 8.76. The number of ether oxygens (including phenoxy) is 2. The van der Waals surface area contributed by atoms with Gasteiger partial charge in [0, 0.05) is 13.7 Å². The third kappa shape index (κ3) is 2.56. The van der Waals surface area contributed by atoms with Gasteiger partial charge in [0.15, 0.2) is 5.96 Å². The third-order valence-electron chi connectivity index (χ3n) is 3.13. The molecule has 0 fully saturated rings. The van der Waals surface area contributed by atoms with Crippen molar-refractivity contribution >= 4 is 5.96 Å². The Morgan fingerprint density at radius 1 is 1.33 bits per heavy atom. The Balaban J connectivity index is 2.11. The number of nitrogens with zero attached hydrogens (tertiary/aromatic N) is 2. The van der Waals surface area contributed by atoms with E-state index in [9.17, 15) is 0 Å². The zero-order valence-corrected chi connectivity index (χ0v) is 10.8. The van der Waals surface area contributed by atoms with E-state index in [1.165, 1.54) is 5.56 Å². The van der Waals surface area contributed by atoms with Crippen LogP contribution in [-0.2, 0) is 4.74 Å². The van der Waals surface area contributed by atoms with Crippen LogP contribution in [0.3, 0.4) is 0 Å². The highest BCUT2D eigenvalue weighted by Gasteiger charge is 2.26. The van der Waals surface area contributed by atoms with Gasteiger partial charge in [-0.3, -0.25) is 4.99 Å².